The zero-order valence-electron chi connectivity index (χ0n) is 17.3. The summed E-state index contributed by atoms with van der Waals surface area (Å²) in [6, 6.07) is 9.16. The number of hydrogen-bond donors (Lipinski definition) is 2. The Kier molecular flexibility index (Phi) is 5.90. The van der Waals surface area contributed by atoms with Gasteiger partial charge in [0.05, 0.1) is 17.7 Å². The molecule has 1 saturated heterocycles. The van der Waals surface area contributed by atoms with E-state index < -0.39 is 23.3 Å². The summed E-state index contributed by atoms with van der Waals surface area (Å²) >= 11 is 5.80. The van der Waals surface area contributed by atoms with Gasteiger partial charge in [-0.2, -0.15) is 0 Å². The highest BCUT2D eigenvalue weighted by Gasteiger charge is 2.45. The summed E-state index contributed by atoms with van der Waals surface area (Å²) in [7, 11) is 1.55. The quantitative estimate of drug-likeness (QED) is 0.545. The van der Waals surface area contributed by atoms with E-state index in [9.17, 15) is 18.8 Å². The predicted octanol–water partition coefficient (Wildman–Crippen LogP) is 3.64. The second kappa shape index (κ2) is 8.64. The maximum absolute atomic E-state index is 14.2. The summed E-state index contributed by atoms with van der Waals surface area (Å²) in [5, 5.41) is 4.70. The number of halogens is 2. The molecule has 0 aromatic heterocycles. The Morgan fingerprint density at radius 3 is 2.75 bits per heavy atom. The lowest BCUT2D eigenvalue weighted by Gasteiger charge is -2.27. The van der Waals surface area contributed by atoms with E-state index in [1.165, 1.54) is 12.1 Å². The van der Waals surface area contributed by atoms with Crippen LogP contribution in [-0.4, -0.2) is 30.4 Å². The van der Waals surface area contributed by atoms with Crippen molar-refractivity contribution in [3.63, 3.8) is 0 Å². The molecule has 2 aromatic carbocycles. The third kappa shape index (κ3) is 4.19. The molecular formula is C24H20ClFN2O4. The van der Waals surface area contributed by atoms with Gasteiger partial charge in [-0.3, -0.25) is 14.9 Å². The van der Waals surface area contributed by atoms with Crippen LogP contribution in [0.2, 0.25) is 5.02 Å². The van der Waals surface area contributed by atoms with Crippen LogP contribution in [0.1, 0.15) is 40.7 Å². The first kappa shape index (κ1) is 21.8. The SMILES string of the molecule is COc1ccc2c(c1)C(=O)CC(CC[C@@]1(C#Cc3cccc(Cl)c3F)NC(=O)NC1=O)C2. The van der Waals surface area contributed by atoms with Gasteiger partial charge in [0.1, 0.15) is 5.75 Å². The average molecular weight is 455 g/mol. The van der Waals surface area contributed by atoms with Crippen molar-refractivity contribution in [2.24, 2.45) is 5.92 Å². The number of methoxy groups -OCH3 is 1. The van der Waals surface area contributed by atoms with Crippen LogP contribution in [0, 0.1) is 23.6 Å². The van der Waals surface area contributed by atoms with Gasteiger partial charge in [-0.25, -0.2) is 9.18 Å². The van der Waals surface area contributed by atoms with Crippen molar-refractivity contribution in [1.29, 1.82) is 0 Å². The van der Waals surface area contributed by atoms with Gasteiger partial charge in [-0.05, 0) is 55.0 Å². The number of urea groups is 1. The first-order valence-electron chi connectivity index (χ1n) is 10.1. The normalized spacial score (nSPS) is 21.8. The van der Waals surface area contributed by atoms with E-state index in [1.807, 2.05) is 12.1 Å². The fourth-order valence-electron chi connectivity index (χ4n) is 4.09. The third-order valence-electron chi connectivity index (χ3n) is 5.83. The van der Waals surface area contributed by atoms with Crippen LogP contribution in [0.5, 0.6) is 5.75 Å². The number of carbonyl (C=O) groups is 3. The van der Waals surface area contributed by atoms with Crippen LogP contribution in [0.15, 0.2) is 36.4 Å². The van der Waals surface area contributed by atoms with Crippen LogP contribution in [0.4, 0.5) is 9.18 Å². The zero-order valence-corrected chi connectivity index (χ0v) is 18.0. The van der Waals surface area contributed by atoms with E-state index in [2.05, 4.69) is 22.5 Å². The van der Waals surface area contributed by atoms with Gasteiger partial charge in [0.15, 0.2) is 17.1 Å². The Morgan fingerprint density at radius 2 is 2.03 bits per heavy atom. The van der Waals surface area contributed by atoms with Crippen molar-refractivity contribution < 1.29 is 23.5 Å². The van der Waals surface area contributed by atoms with Crippen LogP contribution in [0.3, 0.4) is 0 Å². The third-order valence-corrected chi connectivity index (χ3v) is 6.12. The van der Waals surface area contributed by atoms with Gasteiger partial charge in [0.25, 0.3) is 5.91 Å². The fourth-order valence-corrected chi connectivity index (χ4v) is 4.27. The molecule has 4 rings (SSSR count). The smallest absolute Gasteiger partial charge is 0.323 e. The van der Waals surface area contributed by atoms with Crippen molar-refractivity contribution in [1.82, 2.24) is 10.6 Å². The summed E-state index contributed by atoms with van der Waals surface area (Å²) in [6.45, 7) is 0. The Bertz CT molecular complexity index is 1190. The zero-order chi connectivity index (χ0) is 22.9. The maximum atomic E-state index is 14.2. The topological polar surface area (TPSA) is 84.5 Å². The van der Waals surface area contributed by atoms with E-state index >= 15 is 0 Å². The molecule has 1 aliphatic carbocycles. The van der Waals surface area contributed by atoms with Crippen molar-refractivity contribution >= 4 is 29.3 Å². The number of benzene rings is 2. The Morgan fingerprint density at radius 1 is 1.22 bits per heavy atom. The minimum atomic E-state index is -1.50. The van der Waals surface area contributed by atoms with Crippen molar-refractivity contribution in [2.75, 3.05) is 7.11 Å². The fraction of sp³-hybridized carbons (Fsp3) is 0.292. The molecule has 2 aliphatic rings. The number of ether oxygens (including phenoxy) is 1. The minimum Gasteiger partial charge on any atom is -0.497 e. The lowest BCUT2D eigenvalue weighted by molar-refractivity contribution is -0.122. The molecule has 2 aromatic rings. The van der Waals surface area contributed by atoms with Crippen LogP contribution in [0.25, 0.3) is 0 Å². The number of rotatable bonds is 4. The van der Waals surface area contributed by atoms with Crippen LogP contribution in [-0.2, 0) is 11.2 Å². The first-order chi connectivity index (χ1) is 15.3. The molecule has 1 unspecified atom stereocenters. The second-order valence-corrected chi connectivity index (χ2v) is 8.33. The molecular weight excluding hydrogens is 435 g/mol. The average Bonchev–Trinajstić information content (AvgIpc) is 3.06. The number of hydrogen-bond acceptors (Lipinski definition) is 4. The van der Waals surface area contributed by atoms with Crippen molar-refractivity contribution in [2.45, 2.75) is 31.2 Å². The van der Waals surface area contributed by atoms with Gasteiger partial charge < -0.3 is 10.1 Å². The highest BCUT2D eigenvalue weighted by molar-refractivity contribution is 6.30. The highest BCUT2D eigenvalue weighted by atomic mass is 35.5. The number of imide groups is 1. The lowest BCUT2D eigenvalue weighted by Crippen LogP contribution is -2.46. The number of Topliss-reactive ketones (excluding diaryl/α,β-unsaturated/α-hetero) is 1. The second-order valence-electron chi connectivity index (χ2n) is 7.92. The van der Waals surface area contributed by atoms with E-state index in [4.69, 9.17) is 16.3 Å². The standard InChI is InChI=1S/C24H20ClFN2O4/c1-32-17-6-5-16-11-14(12-20(29)18(16)13-17)7-9-24(22(30)27-23(31)28-24)10-8-15-3-2-4-19(25)21(15)26/h2-6,13-14H,7,9,11-12H2,1H3,(H2,27,28,30,31)/t14?,24-/m0/s1. The van der Waals surface area contributed by atoms with Crippen molar-refractivity contribution in [3.05, 3.63) is 63.9 Å². The number of nitrogens with one attached hydrogen (secondary N) is 2. The molecule has 2 atom stereocenters. The first-order valence-corrected chi connectivity index (χ1v) is 10.5. The van der Waals surface area contributed by atoms with Gasteiger partial charge >= 0.3 is 6.03 Å². The van der Waals surface area contributed by atoms with Gasteiger partial charge in [0.2, 0.25) is 0 Å². The largest absolute Gasteiger partial charge is 0.497 e. The molecule has 0 radical (unpaired) electrons. The molecule has 3 amide bonds. The summed E-state index contributed by atoms with van der Waals surface area (Å²) in [6.07, 6.45) is 1.63. The summed E-state index contributed by atoms with van der Waals surface area (Å²) < 4.78 is 19.4. The Balaban J connectivity index is 1.55. The summed E-state index contributed by atoms with van der Waals surface area (Å²) in [5.74, 6) is 4.74. The number of fused-ring (bicyclic) bond motifs is 1. The Labute approximate surface area is 189 Å². The summed E-state index contributed by atoms with van der Waals surface area (Å²) in [4.78, 5) is 37.1. The van der Waals surface area contributed by atoms with E-state index in [0.717, 1.165) is 5.56 Å². The highest BCUT2D eigenvalue weighted by Crippen LogP contribution is 2.32. The van der Waals surface area contributed by atoms with Crippen LogP contribution >= 0.6 is 11.6 Å². The number of ketones is 1. The molecule has 1 heterocycles. The van der Waals surface area contributed by atoms with Gasteiger partial charge in [0, 0.05) is 12.0 Å². The summed E-state index contributed by atoms with van der Waals surface area (Å²) in [5.41, 5.74) is 0.0998. The predicted molar refractivity (Wildman–Crippen MR) is 116 cm³/mol. The monoisotopic (exact) mass is 454 g/mol. The van der Waals surface area contributed by atoms with E-state index in [0.29, 0.717) is 30.6 Å². The number of amides is 3. The van der Waals surface area contributed by atoms with E-state index in [1.54, 1.807) is 19.2 Å². The Hall–Kier alpha value is -3.37. The minimum absolute atomic E-state index is 0.0104. The van der Waals surface area contributed by atoms with Crippen LogP contribution < -0.4 is 15.4 Å². The lowest BCUT2D eigenvalue weighted by atomic mass is 9.78. The molecule has 0 bridgehead atoms. The molecule has 0 saturated carbocycles. The molecule has 1 aliphatic heterocycles. The molecule has 164 valence electrons. The molecule has 32 heavy (non-hydrogen) atoms. The maximum Gasteiger partial charge on any atom is 0.323 e. The molecule has 0 spiro atoms. The van der Waals surface area contributed by atoms with Gasteiger partial charge in [-0.15, -0.1) is 0 Å². The molecule has 2 N–H and O–H groups in total. The van der Waals surface area contributed by atoms with Crippen molar-refractivity contribution in [3.8, 4) is 17.6 Å². The molecule has 1 fully saturated rings. The van der Waals surface area contributed by atoms with Gasteiger partial charge in [-0.1, -0.05) is 35.6 Å². The van der Waals surface area contributed by atoms with E-state index in [-0.39, 0.29) is 28.7 Å². The molecule has 6 nitrogen and oxygen atoms in total. The number of carbonyl (C=O) groups excluding carboxylic acids is 3. The molecule has 8 heteroatoms.